The van der Waals surface area contributed by atoms with E-state index in [2.05, 4.69) is 15.6 Å². The van der Waals surface area contributed by atoms with E-state index in [1.165, 1.54) is 0 Å². The number of aliphatic hydroxyl groups excluding tert-OH is 3. The van der Waals surface area contributed by atoms with E-state index in [0.717, 1.165) is 13.0 Å². The predicted molar refractivity (Wildman–Crippen MR) is 127 cm³/mol. The maximum absolute atomic E-state index is 12.3. The fourth-order valence-corrected chi connectivity index (χ4v) is 3.95. The summed E-state index contributed by atoms with van der Waals surface area (Å²) in [4.78, 5) is 63.0. The molecule has 1 aliphatic heterocycles. The molecule has 2 amide bonds. The lowest BCUT2D eigenvalue weighted by Gasteiger charge is -2.46. The molecule has 1 fully saturated rings. The summed E-state index contributed by atoms with van der Waals surface area (Å²) in [5, 5.41) is 46.7. The van der Waals surface area contributed by atoms with Crippen LogP contribution in [0.1, 0.15) is 29.4 Å². The maximum Gasteiger partial charge on any atom is 0.364 e. The molecule has 8 N–H and O–H groups in total. The third-order valence-electron chi connectivity index (χ3n) is 5.79. The number of amides is 2. The Hall–Kier alpha value is -3.89. The van der Waals surface area contributed by atoms with Crippen molar-refractivity contribution in [2.24, 2.45) is 0 Å². The van der Waals surface area contributed by atoms with Crippen LogP contribution in [-0.4, -0.2) is 91.0 Å². The fraction of sp³-hybridized carbons (Fsp3) is 0.435. The van der Waals surface area contributed by atoms with E-state index in [1.807, 2.05) is 4.98 Å². The second kappa shape index (κ2) is 12.1. The first-order valence-electron chi connectivity index (χ1n) is 11.4. The molecule has 15 heteroatoms. The number of hydrogen-bond donors (Lipinski definition) is 8. The summed E-state index contributed by atoms with van der Waals surface area (Å²) in [5.74, 6) is -5.67. The van der Waals surface area contributed by atoms with Crippen molar-refractivity contribution >= 4 is 17.8 Å². The lowest BCUT2D eigenvalue weighted by atomic mass is 9.88. The zero-order valence-electron chi connectivity index (χ0n) is 20.1. The van der Waals surface area contributed by atoms with Crippen molar-refractivity contribution in [2.75, 3.05) is 6.54 Å². The number of carboxylic acids is 1. The van der Waals surface area contributed by atoms with Gasteiger partial charge in [-0.05, 0) is 5.56 Å². The van der Waals surface area contributed by atoms with Crippen LogP contribution in [0.15, 0.2) is 46.0 Å². The Morgan fingerprint density at radius 2 is 1.87 bits per heavy atom. The molecule has 206 valence electrons. The van der Waals surface area contributed by atoms with Gasteiger partial charge in [-0.2, -0.15) is 0 Å². The summed E-state index contributed by atoms with van der Waals surface area (Å²) < 4.78 is 11.2. The molecule has 0 aliphatic carbocycles. The Balaban J connectivity index is 1.79. The van der Waals surface area contributed by atoms with Crippen molar-refractivity contribution in [1.82, 2.24) is 20.6 Å². The van der Waals surface area contributed by atoms with Crippen molar-refractivity contribution in [3.63, 3.8) is 0 Å². The molecule has 1 aliphatic rings. The van der Waals surface area contributed by atoms with Crippen molar-refractivity contribution in [3.8, 4) is 0 Å². The number of aliphatic carboxylic acids is 1. The summed E-state index contributed by atoms with van der Waals surface area (Å²) in [7, 11) is 0. The van der Waals surface area contributed by atoms with Crippen LogP contribution in [-0.2, 0) is 25.7 Å². The number of aliphatic hydroxyl groups is 3. The number of benzene rings is 1. The Morgan fingerprint density at radius 1 is 1.18 bits per heavy atom. The zero-order chi connectivity index (χ0) is 28.0. The molecule has 2 heterocycles. The average Bonchev–Trinajstić information content (AvgIpc) is 2.86. The maximum atomic E-state index is 12.3. The van der Waals surface area contributed by atoms with Gasteiger partial charge in [0.05, 0.1) is 24.9 Å². The van der Waals surface area contributed by atoms with Gasteiger partial charge in [0.2, 0.25) is 5.91 Å². The van der Waals surface area contributed by atoms with Crippen LogP contribution in [0, 0.1) is 0 Å². The SMILES string of the molecule is CC(=O)N[C@H]1[C@H]([C@@H](O)[C@H](O)CNC(=O)c2cc(=O)[nH]c(=O)[nH]2)O[C@@](OCc2ccccc2)(C(=O)O)C[C@@H]1O. The zero-order valence-corrected chi connectivity index (χ0v) is 20.1. The molecule has 0 radical (unpaired) electrons. The highest BCUT2D eigenvalue weighted by Crippen LogP contribution is 2.34. The number of rotatable bonds is 10. The lowest BCUT2D eigenvalue weighted by Crippen LogP contribution is -2.68. The van der Waals surface area contributed by atoms with E-state index in [-0.39, 0.29) is 6.61 Å². The minimum Gasteiger partial charge on any atom is -0.477 e. The van der Waals surface area contributed by atoms with E-state index in [4.69, 9.17) is 9.47 Å². The first kappa shape index (κ1) is 28.7. The molecule has 6 atom stereocenters. The fourth-order valence-electron chi connectivity index (χ4n) is 3.95. The molecule has 1 aromatic carbocycles. The van der Waals surface area contributed by atoms with Gasteiger partial charge in [0.25, 0.3) is 17.3 Å². The third kappa shape index (κ3) is 6.90. The van der Waals surface area contributed by atoms with E-state index in [1.54, 1.807) is 30.3 Å². The molecule has 0 bridgehead atoms. The van der Waals surface area contributed by atoms with Crippen LogP contribution in [0.3, 0.4) is 0 Å². The van der Waals surface area contributed by atoms with Crippen molar-refractivity contribution in [2.45, 2.75) is 56.2 Å². The van der Waals surface area contributed by atoms with E-state index in [9.17, 15) is 44.4 Å². The normalized spacial score (nSPS) is 24.7. The number of ether oxygens (including phenoxy) is 2. The highest BCUT2D eigenvalue weighted by atomic mass is 16.7. The van der Waals surface area contributed by atoms with Crippen LogP contribution in [0.4, 0.5) is 0 Å². The summed E-state index contributed by atoms with van der Waals surface area (Å²) in [6.45, 7) is 0.239. The van der Waals surface area contributed by atoms with Gasteiger partial charge in [-0.15, -0.1) is 0 Å². The summed E-state index contributed by atoms with van der Waals surface area (Å²) in [6.07, 6.45) is -7.69. The molecule has 3 rings (SSSR count). The number of carbonyl (C=O) groups excluding carboxylic acids is 2. The molecule has 0 spiro atoms. The number of aromatic nitrogens is 2. The first-order chi connectivity index (χ1) is 17.9. The number of H-pyrrole nitrogens is 2. The predicted octanol–water partition coefficient (Wildman–Crippen LogP) is -2.83. The quantitative estimate of drug-likeness (QED) is 0.154. The molecule has 15 nitrogen and oxygen atoms in total. The summed E-state index contributed by atoms with van der Waals surface area (Å²) in [5.41, 5.74) is -1.61. The highest BCUT2D eigenvalue weighted by molar-refractivity contribution is 5.92. The van der Waals surface area contributed by atoms with Gasteiger partial charge < -0.3 is 45.5 Å². The van der Waals surface area contributed by atoms with Crippen LogP contribution < -0.4 is 21.9 Å². The Bertz CT molecular complexity index is 1240. The first-order valence-corrected chi connectivity index (χ1v) is 11.4. The van der Waals surface area contributed by atoms with Gasteiger partial charge >= 0.3 is 11.7 Å². The third-order valence-corrected chi connectivity index (χ3v) is 5.79. The number of hydrogen-bond acceptors (Lipinski definition) is 10. The van der Waals surface area contributed by atoms with Gasteiger partial charge in [-0.3, -0.25) is 19.4 Å². The minimum absolute atomic E-state index is 0.236. The van der Waals surface area contributed by atoms with Gasteiger partial charge in [-0.1, -0.05) is 30.3 Å². The standard InChI is InChI=1S/C23H28N4O11/c1-11(28)25-17-14(29)8-23(21(34)35,37-10-12-5-3-2-4-6-12)38-19(17)18(32)15(30)9-24-20(33)13-7-16(31)27-22(36)26-13/h2-7,14-15,17-19,29-30,32H,8-10H2,1H3,(H,24,33)(H,25,28)(H,34,35)(H2,26,27,31,36)/t14-,15+,17+,18-,19+,23+/m0/s1. The molecular formula is C23H28N4O11. The van der Waals surface area contributed by atoms with Crippen LogP contribution >= 0.6 is 0 Å². The van der Waals surface area contributed by atoms with Crippen molar-refractivity contribution in [1.29, 1.82) is 0 Å². The number of aromatic amines is 2. The second-order valence-corrected chi connectivity index (χ2v) is 8.68. The number of nitrogens with one attached hydrogen (secondary N) is 4. The number of carboxylic acid groups (broad SMARTS) is 1. The summed E-state index contributed by atoms with van der Waals surface area (Å²) in [6, 6.07) is 7.93. The molecular weight excluding hydrogens is 508 g/mol. The minimum atomic E-state index is -2.45. The van der Waals surface area contributed by atoms with Crippen LogP contribution in [0.2, 0.25) is 0 Å². The second-order valence-electron chi connectivity index (χ2n) is 8.68. The molecule has 0 saturated carbocycles. The Morgan fingerprint density at radius 3 is 2.47 bits per heavy atom. The van der Waals surface area contributed by atoms with Gasteiger partial charge in [0.1, 0.15) is 17.9 Å². The smallest absolute Gasteiger partial charge is 0.364 e. The Labute approximate surface area is 214 Å². The van der Waals surface area contributed by atoms with E-state index >= 15 is 0 Å². The molecule has 0 unspecified atom stereocenters. The topological polar surface area (TPSA) is 240 Å². The van der Waals surface area contributed by atoms with Crippen molar-refractivity contribution < 1.29 is 44.3 Å². The highest BCUT2D eigenvalue weighted by Gasteiger charge is 2.55. The van der Waals surface area contributed by atoms with E-state index in [0.29, 0.717) is 5.56 Å². The van der Waals surface area contributed by atoms with Gasteiger partial charge in [0.15, 0.2) is 0 Å². The van der Waals surface area contributed by atoms with Crippen LogP contribution in [0.5, 0.6) is 0 Å². The Kier molecular flexibility index (Phi) is 9.13. The molecule has 38 heavy (non-hydrogen) atoms. The van der Waals surface area contributed by atoms with E-state index < -0.39 is 83.9 Å². The number of carbonyl (C=O) groups is 3. The molecule has 2 aromatic rings. The molecule has 1 saturated heterocycles. The van der Waals surface area contributed by atoms with Crippen molar-refractivity contribution in [3.05, 3.63) is 68.5 Å². The molecule has 1 aromatic heterocycles. The lowest BCUT2D eigenvalue weighted by molar-refractivity contribution is -0.314. The van der Waals surface area contributed by atoms with Gasteiger partial charge in [0, 0.05) is 26.0 Å². The monoisotopic (exact) mass is 536 g/mol. The van der Waals surface area contributed by atoms with Gasteiger partial charge in [-0.25, -0.2) is 9.59 Å². The summed E-state index contributed by atoms with van der Waals surface area (Å²) >= 11 is 0. The largest absolute Gasteiger partial charge is 0.477 e. The average molecular weight is 536 g/mol. The van der Waals surface area contributed by atoms with Crippen LogP contribution in [0.25, 0.3) is 0 Å².